The molecule has 0 unspecified atom stereocenters. The second-order valence-corrected chi connectivity index (χ2v) is 6.66. The van der Waals surface area contributed by atoms with Gasteiger partial charge in [-0.25, -0.2) is 4.79 Å². The molecule has 1 saturated carbocycles. The molecule has 26 heavy (non-hydrogen) atoms. The number of halogens is 1. The van der Waals surface area contributed by atoms with E-state index in [2.05, 4.69) is 10.6 Å². The minimum absolute atomic E-state index is 0.110. The van der Waals surface area contributed by atoms with Crippen LogP contribution in [0.4, 0.5) is 10.5 Å². The lowest BCUT2D eigenvalue weighted by molar-refractivity contribution is 0.0949. The molecule has 0 heterocycles. The molecule has 6 nitrogen and oxygen atoms in total. The molecule has 2 atom stereocenters. The van der Waals surface area contributed by atoms with E-state index in [1.807, 2.05) is 30.3 Å². The predicted molar refractivity (Wildman–Crippen MR) is 100 cm³/mol. The van der Waals surface area contributed by atoms with Crippen molar-refractivity contribution in [3.63, 3.8) is 0 Å². The number of hydrogen-bond acceptors (Lipinski definition) is 4. The molecule has 0 radical (unpaired) electrons. The van der Waals surface area contributed by atoms with Crippen molar-refractivity contribution >= 4 is 29.3 Å². The number of rotatable bonds is 6. The summed E-state index contributed by atoms with van der Waals surface area (Å²) in [6, 6.07) is 14.1. The van der Waals surface area contributed by atoms with Crippen LogP contribution in [0.2, 0.25) is 5.02 Å². The van der Waals surface area contributed by atoms with E-state index in [0.717, 1.165) is 12.0 Å². The van der Waals surface area contributed by atoms with Gasteiger partial charge < -0.3 is 15.8 Å². The largest absolute Gasteiger partial charge is 0.444 e. The van der Waals surface area contributed by atoms with Crippen LogP contribution in [-0.2, 0) is 11.3 Å². The van der Waals surface area contributed by atoms with Gasteiger partial charge >= 0.3 is 6.09 Å². The number of amides is 2. The highest BCUT2D eigenvalue weighted by Gasteiger charge is 2.37. The highest BCUT2D eigenvalue weighted by molar-refractivity contribution is 6.31. The Morgan fingerprint density at radius 3 is 2.65 bits per heavy atom. The molecule has 2 aromatic carbocycles. The fraction of sp³-hybridized carbons (Fsp3) is 0.263. The fourth-order valence-corrected chi connectivity index (χ4v) is 2.84. The van der Waals surface area contributed by atoms with E-state index in [0.29, 0.717) is 28.7 Å². The second kappa shape index (κ2) is 8.21. The summed E-state index contributed by atoms with van der Waals surface area (Å²) >= 11 is 6.07. The maximum absolute atomic E-state index is 12.3. The first-order valence-electron chi connectivity index (χ1n) is 8.34. The molecule has 1 fully saturated rings. The van der Waals surface area contributed by atoms with E-state index in [4.69, 9.17) is 22.1 Å². The summed E-state index contributed by atoms with van der Waals surface area (Å²) in [5.41, 5.74) is 7.23. The van der Waals surface area contributed by atoms with Crippen molar-refractivity contribution in [1.82, 2.24) is 5.32 Å². The number of nitrogens with one attached hydrogen (secondary N) is 2. The summed E-state index contributed by atoms with van der Waals surface area (Å²) in [7, 11) is 0. The number of hydrogen-bond donors (Lipinski definition) is 3. The number of anilines is 1. The summed E-state index contributed by atoms with van der Waals surface area (Å²) in [5, 5.41) is 5.84. The minimum Gasteiger partial charge on any atom is -0.444 e. The van der Waals surface area contributed by atoms with Crippen molar-refractivity contribution in [2.45, 2.75) is 19.1 Å². The van der Waals surface area contributed by atoms with Gasteiger partial charge in [-0.1, -0.05) is 41.9 Å². The van der Waals surface area contributed by atoms with Crippen molar-refractivity contribution < 1.29 is 14.3 Å². The molecule has 0 spiro atoms. The van der Waals surface area contributed by atoms with Gasteiger partial charge in [0.05, 0.1) is 0 Å². The Balaban J connectivity index is 1.58. The van der Waals surface area contributed by atoms with Crippen LogP contribution in [0, 0.1) is 5.92 Å². The standard InChI is InChI=1S/C19H20ClN3O3/c20-15-6-13(18(24)23-17-8-14(17)10-21)7-16(9-15)22-19(25)26-11-12-4-2-1-3-5-12/h1-7,9,14,17H,8,10-11,21H2,(H,22,25)(H,23,24)/t14-,17-/m1/s1. The van der Waals surface area contributed by atoms with Crippen LogP contribution < -0.4 is 16.4 Å². The topological polar surface area (TPSA) is 93.5 Å². The van der Waals surface area contributed by atoms with Crippen LogP contribution in [0.5, 0.6) is 0 Å². The van der Waals surface area contributed by atoms with Crippen molar-refractivity contribution in [2.75, 3.05) is 11.9 Å². The normalized spacial score (nSPS) is 18.1. The van der Waals surface area contributed by atoms with Crippen LogP contribution in [-0.4, -0.2) is 24.6 Å². The van der Waals surface area contributed by atoms with Crippen LogP contribution in [0.25, 0.3) is 0 Å². The van der Waals surface area contributed by atoms with Crippen molar-refractivity contribution in [3.05, 3.63) is 64.7 Å². The molecular weight excluding hydrogens is 354 g/mol. The quantitative estimate of drug-likeness (QED) is 0.725. The lowest BCUT2D eigenvalue weighted by atomic mass is 10.2. The first-order chi connectivity index (χ1) is 12.5. The maximum Gasteiger partial charge on any atom is 0.411 e. The van der Waals surface area contributed by atoms with Gasteiger partial charge in [0.25, 0.3) is 5.91 Å². The Bertz CT molecular complexity index is 798. The number of benzene rings is 2. The predicted octanol–water partition coefficient (Wildman–Crippen LogP) is 3.17. The summed E-state index contributed by atoms with van der Waals surface area (Å²) in [4.78, 5) is 24.3. The molecule has 4 N–H and O–H groups in total. The first-order valence-corrected chi connectivity index (χ1v) is 8.72. The Morgan fingerprint density at radius 2 is 1.96 bits per heavy atom. The van der Waals surface area contributed by atoms with Crippen molar-refractivity contribution in [1.29, 1.82) is 0 Å². The number of ether oxygens (including phenoxy) is 1. The maximum atomic E-state index is 12.3. The molecular formula is C19H20ClN3O3. The first kappa shape index (κ1) is 18.2. The minimum atomic E-state index is -0.618. The molecule has 136 valence electrons. The molecule has 3 rings (SSSR count). The van der Waals surface area contributed by atoms with E-state index < -0.39 is 6.09 Å². The summed E-state index contributed by atoms with van der Waals surface area (Å²) in [5.74, 6) is 0.0952. The molecule has 2 amide bonds. The van der Waals surface area contributed by atoms with Crippen LogP contribution >= 0.6 is 11.6 Å². The zero-order valence-corrected chi connectivity index (χ0v) is 14.8. The average molecular weight is 374 g/mol. The van der Waals surface area contributed by atoms with E-state index in [-0.39, 0.29) is 18.6 Å². The number of carbonyl (C=O) groups excluding carboxylic acids is 2. The Morgan fingerprint density at radius 1 is 1.19 bits per heavy atom. The Labute approximate surface area is 156 Å². The molecule has 7 heteroatoms. The highest BCUT2D eigenvalue weighted by atomic mass is 35.5. The van der Waals surface area contributed by atoms with Gasteiger partial charge in [0, 0.05) is 22.3 Å². The van der Waals surface area contributed by atoms with Crippen molar-refractivity contribution in [3.8, 4) is 0 Å². The average Bonchev–Trinajstić information content (AvgIpc) is 3.38. The van der Waals surface area contributed by atoms with Gasteiger partial charge in [0.1, 0.15) is 6.61 Å². The van der Waals surface area contributed by atoms with E-state index in [1.54, 1.807) is 18.2 Å². The molecule has 0 aromatic heterocycles. The smallest absolute Gasteiger partial charge is 0.411 e. The molecule has 0 aliphatic heterocycles. The molecule has 0 saturated heterocycles. The lowest BCUT2D eigenvalue weighted by Gasteiger charge is -2.10. The van der Waals surface area contributed by atoms with E-state index >= 15 is 0 Å². The van der Waals surface area contributed by atoms with E-state index in [9.17, 15) is 9.59 Å². The highest BCUT2D eigenvalue weighted by Crippen LogP contribution is 2.29. The summed E-state index contributed by atoms with van der Waals surface area (Å²) in [6.45, 7) is 0.712. The van der Waals surface area contributed by atoms with Crippen LogP contribution in [0.3, 0.4) is 0 Å². The zero-order chi connectivity index (χ0) is 18.5. The second-order valence-electron chi connectivity index (χ2n) is 6.23. The number of nitrogens with two attached hydrogens (primary N) is 1. The third kappa shape index (κ3) is 4.97. The van der Waals surface area contributed by atoms with Gasteiger partial charge in [-0.2, -0.15) is 0 Å². The monoisotopic (exact) mass is 373 g/mol. The molecule has 1 aliphatic carbocycles. The Kier molecular flexibility index (Phi) is 5.75. The van der Waals surface area contributed by atoms with Crippen LogP contribution in [0.15, 0.2) is 48.5 Å². The fourth-order valence-electron chi connectivity index (χ4n) is 2.61. The number of carbonyl (C=O) groups is 2. The van der Waals surface area contributed by atoms with Gasteiger partial charge in [-0.3, -0.25) is 10.1 Å². The SMILES string of the molecule is NC[C@H]1C[C@H]1NC(=O)c1cc(Cl)cc(NC(=O)OCc2ccccc2)c1. The summed E-state index contributed by atoms with van der Waals surface area (Å²) in [6.07, 6.45) is 0.271. The Hall–Kier alpha value is -2.57. The van der Waals surface area contributed by atoms with Gasteiger partial charge in [0.2, 0.25) is 0 Å². The summed E-state index contributed by atoms with van der Waals surface area (Å²) < 4.78 is 5.17. The van der Waals surface area contributed by atoms with E-state index in [1.165, 1.54) is 0 Å². The van der Waals surface area contributed by atoms with Gasteiger partial charge in [0.15, 0.2) is 0 Å². The van der Waals surface area contributed by atoms with Crippen LogP contribution in [0.1, 0.15) is 22.3 Å². The molecule has 2 aromatic rings. The lowest BCUT2D eigenvalue weighted by Crippen LogP contribution is -2.28. The van der Waals surface area contributed by atoms with Crippen molar-refractivity contribution in [2.24, 2.45) is 11.7 Å². The zero-order valence-electron chi connectivity index (χ0n) is 14.1. The van der Waals surface area contributed by atoms with Gasteiger partial charge in [-0.05, 0) is 42.6 Å². The third-order valence-corrected chi connectivity index (χ3v) is 4.38. The molecule has 0 bridgehead atoms. The molecule has 1 aliphatic rings. The third-order valence-electron chi connectivity index (χ3n) is 4.16. The van der Waals surface area contributed by atoms with Gasteiger partial charge in [-0.15, -0.1) is 0 Å².